The Morgan fingerprint density at radius 1 is 1.55 bits per heavy atom. The molecule has 0 fully saturated rings. The first-order chi connectivity index (χ1) is 9.56. The van der Waals surface area contributed by atoms with Crippen molar-refractivity contribution in [3.8, 4) is 5.88 Å². The first-order valence-corrected chi connectivity index (χ1v) is 6.04. The molecular formula is C13H17N3O4. The van der Waals surface area contributed by atoms with Gasteiger partial charge in [-0.2, -0.15) is 0 Å². The molecule has 0 aliphatic carbocycles. The molecule has 1 aromatic heterocycles. The molecule has 20 heavy (non-hydrogen) atoms. The molecule has 2 amide bonds. The second-order valence-electron chi connectivity index (χ2n) is 3.81. The van der Waals surface area contributed by atoms with Gasteiger partial charge in [-0.05, 0) is 13.0 Å². The van der Waals surface area contributed by atoms with Gasteiger partial charge in [0.15, 0.2) is 0 Å². The number of carboxylic acid groups (broad SMARTS) is 1. The third-order valence-corrected chi connectivity index (χ3v) is 2.24. The zero-order chi connectivity index (χ0) is 15.0. The van der Waals surface area contributed by atoms with E-state index in [4.69, 9.17) is 9.84 Å². The van der Waals surface area contributed by atoms with Crippen molar-refractivity contribution in [1.29, 1.82) is 0 Å². The maximum atomic E-state index is 11.9. The molecular weight excluding hydrogens is 262 g/mol. The SMILES string of the molecule is C=CCN(CC(=O)O)C(=O)Nc1ccc(OCC)nc1. The van der Waals surface area contributed by atoms with Crippen LogP contribution in [0.1, 0.15) is 6.92 Å². The van der Waals surface area contributed by atoms with Crippen molar-refractivity contribution in [2.45, 2.75) is 6.92 Å². The molecule has 0 saturated heterocycles. The van der Waals surface area contributed by atoms with Crippen LogP contribution in [0.5, 0.6) is 5.88 Å². The molecule has 7 heteroatoms. The van der Waals surface area contributed by atoms with Crippen molar-refractivity contribution in [2.75, 3.05) is 25.0 Å². The Morgan fingerprint density at radius 2 is 2.30 bits per heavy atom. The molecule has 1 heterocycles. The second kappa shape index (κ2) is 7.78. The summed E-state index contributed by atoms with van der Waals surface area (Å²) in [6.07, 6.45) is 2.90. The number of carboxylic acids is 1. The van der Waals surface area contributed by atoms with Crippen LogP contribution in [-0.2, 0) is 4.79 Å². The van der Waals surface area contributed by atoms with Crippen LogP contribution in [-0.4, -0.2) is 46.7 Å². The maximum absolute atomic E-state index is 11.9. The zero-order valence-electron chi connectivity index (χ0n) is 11.2. The Kier molecular flexibility index (Phi) is 6.02. The number of pyridine rings is 1. The van der Waals surface area contributed by atoms with Crippen LogP contribution in [0.2, 0.25) is 0 Å². The predicted molar refractivity (Wildman–Crippen MR) is 73.8 cm³/mol. The highest BCUT2D eigenvalue weighted by Gasteiger charge is 2.15. The lowest BCUT2D eigenvalue weighted by Crippen LogP contribution is -2.38. The number of urea groups is 1. The fourth-order valence-electron chi connectivity index (χ4n) is 1.43. The van der Waals surface area contributed by atoms with Gasteiger partial charge in [0.1, 0.15) is 6.54 Å². The molecule has 0 saturated carbocycles. The summed E-state index contributed by atoms with van der Waals surface area (Å²) < 4.78 is 5.18. The number of ether oxygens (including phenoxy) is 1. The summed E-state index contributed by atoms with van der Waals surface area (Å²) in [6, 6.07) is 2.72. The van der Waals surface area contributed by atoms with Crippen LogP contribution in [0.15, 0.2) is 31.0 Å². The summed E-state index contributed by atoms with van der Waals surface area (Å²) in [6.45, 7) is 5.57. The van der Waals surface area contributed by atoms with Gasteiger partial charge in [-0.25, -0.2) is 9.78 Å². The van der Waals surface area contributed by atoms with E-state index >= 15 is 0 Å². The molecule has 1 aromatic rings. The van der Waals surface area contributed by atoms with Crippen LogP contribution in [0.25, 0.3) is 0 Å². The number of hydrogen-bond acceptors (Lipinski definition) is 4. The lowest BCUT2D eigenvalue weighted by atomic mass is 10.4. The van der Waals surface area contributed by atoms with Gasteiger partial charge in [0.2, 0.25) is 5.88 Å². The number of rotatable bonds is 7. The fourth-order valence-corrected chi connectivity index (χ4v) is 1.43. The zero-order valence-corrected chi connectivity index (χ0v) is 11.2. The van der Waals surface area contributed by atoms with E-state index in [0.717, 1.165) is 4.90 Å². The number of amides is 2. The van der Waals surface area contributed by atoms with Gasteiger partial charge in [-0.1, -0.05) is 6.08 Å². The average Bonchev–Trinajstić information content (AvgIpc) is 2.40. The summed E-state index contributed by atoms with van der Waals surface area (Å²) in [7, 11) is 0. The Balaban J connectivity index is 2.66. The molecule has 0 atom stereocenters. The van der Waals surface area contributed by atoms with Gasteiger partial charge in [0, 0.05) is 12.6 Å². The molecule has 1 rings (SSSR count). The molecule has 0 aromatic carbocycles. The largest absolute Gasteiger partial charge is 0.480 e. The first-order valence-electron chi connectivity index (χ1n) is 6.04. The van der Waals surface area contributed by atoms with Crippen molar-refractivity contribution in [3.63, 3.8) is 0 Å². The predicted octanol–water partition coefficient (Wildman–Crippen LogP) is 1.58. The highest BCUT2D eigenvalue weighted by atomic mass is 16.5. The number of carbonyl (C=O) groups is 2. The van der Waals surface area contributed by atoms with Gasteiger partial charge in [-0.15, -0.1) is 6.58 Å². The normalized spacial score (nSPS) is 9.65. The van der Waals surface area contributed by atoms with E-state index in [1.807, 2.05) is 6.92 Å². The number of aliphatic carboxylic acids is 1. The van der Waals surface area contributed by atoms with Gasteiger partial charge >= 0.3 is 12.0 Å². The quantitative estimate of drug-likeness (QED) is 0.739. The van der Waals surface area contributed by atoms with E-state index in [0.29, 0.717) is 18.2 Å². The monoisotopic (exact) mass is 279 g/mol. The first kappa shape index (κ1) is 15.5. The minimum atomic E-state index is -1.09. The van der Waals surface area contributed by atoms with Crippen LogP contribution < -0.4 is 10.1 Å². The minimum Gasteiger partial charge on any atom is -0.480 e. The summed E-state index contributed by atoms with van der Waals surface area (Å²) in [5, 5.41) is 11.3. The van der Waals surface area contributed by atoms with Crippen molar-refractivity contribution >= 4 is 17.7 Å². The molecule has 2 N–H and O–H groups in total. The summed E-state index contributed by atoms with van der Waals surface area (Å²) in [5.41, 5.74) is 0.456. The van der Waals surface area contributed by atoms with Crippen LogP contribution in [0.3, 0.4) is 0 Å². The molecule has 0 spiro atoms. The standard InChI is InChI=1S/C13H17N3O4/c1-3-7-16(9-12(17)18)13(19)15-10-5-6-11(14-8-10)20-4-2/h3,5-6,8H,1,4,7,9H2,2H3,(H,15,19)(H,17,18). The molecule has 0 radical (unpaired) electrons. The number of carbonyl (C=O) groups excluding carboxylic acids is 1. The number of aromatic nitrogens is 1. The summed E-state index contributed by atoms with van der Waals surface area (Å²) in [4.78, 5) is 27.7. The van der Waals surface area contributed by atoms with E-state index in [2.05, 4.69) is 16.9 Å². The fraction of sp³-hybridized carbons (Fsp3) is 0.308. The number of hydrogen-bond donors (Lipinski definition) is 2. The van der Waals surface area contributed by atoms with E-state index in [1.54, 1.807) is 12.1 Å². The van der Waals surface area contributed by atoms with E-state index < -0.39 is 18.5 Å². The maximum Gasteiger partial charge on any atom is 0.323 e. The molecule has 108 valence electrons. The molecule has 7 nitrogen and oxygen atoms in total. The Hall–Kier alpha value is -2.57. The highest BCUT2D eigenvalue weighted by molar-refractivity contribution is 5.91. The number of nitrogens with zero attached hydrogens (tertiary/aromatic N) is 2. The topological polar surface area (TPSA) is 91.8 Å². The molecule has 0 aliphatic heterocycles. The minimum absolute atomic E-state index is 0.141. The van der Waals surface area contributed by atoms with E-state index in [9.17, 15) is 9.59 Å². The molecule has 0 bridgehead atoms. The lowest BCUT2D eigenvalue weighted by molar-refractivity contribution is -0.137. The van der Waals surface area contributed by atoms with E-state index in [-0.39, 0.29) is 6.54 Å². The molecule has 0 aliphatic rings. The lowest BCUT2D eigenvalue weighted by Gasteiger charge is -2.19. The Labute approximate surface area is 116 Å². The van der Waals surface area contributed by atoms with Crippen LogP contribution >= 0.6 is 0 Å². The third kappa shape index (κ3) is 4.97. The Bertz CT molecular complexity index is 473. The summed E-state index contributed by atoms with van der Waals surface area (Å²) in [5.74, 6) is -0.634. The van der Waals surface area contributed by atoms with Crippen molar-refractivity contribution in [2.24, 2.45) is 0 Å². The smallest absolute Gasteiger partial charge is 0.323 e. The number of anilines is 1. The van der Waals surface area contributed by atoms with Gasteiger partial charge in [0.05, 0.1) is 18.5 Å². The number of nitrogens with one attached hydrogen (secondary N) is 1. The van der Waals surface area contributed by atoms with Crippen molar-refractivity contribution < 1.29 is 19.4 Å². The molecule has 0 unspecified atom stereocenters. The highest BCUT2D eigenvalue weighted by Crippen LogP contribution is 2.12. The van der Waals surface area contributed by atoms with Gasteiger partial charge < -0.3 is 20.1 Å². The van der Waals surface area contributed by atoms with Crippen LogP contribution in [0.4, 0.5) is 10.5 Å². The average molecular weight is 279 g/mol. The van der Waals surface area contributed by atoms with E-state index in [1.165, 1.54) is 12.3 Å². The second-order valence-corrected chi connectivity index (χ2v) is 3.81. The van der Waals surface area contributed by atoms with Crippen LogP contribution in [0, 0.1) is 0 Å². The van der Waals surface area contributed by atoms with Crippen molar-refractivity contribution in [3.05, 3.63) is 31.0 Å². The van der Waals surface area contributed by atoms with Crippen molar-refractivity contribution in [1.82, 2.24) is 9.88 Å². The Morgan fingerprint density at radius 3 is 2.80 bits per heavy atom. The third-order valence-electron chi connectivity index (χ3n) is 2.24. The summed E-state index contributed by atoms with van der Waals surface area (Å²) >= 11 is 0. The van der Waals surface area contributed by atoms with Gasteiger partial charge in [0.25, 0.3) is 0 Å². The van der Waals surface area contributed by atoms with Gasteiger partial charge in [-0.3, -0.25) is 4.79 Å².